The first-order chi connectivity index (χ1) is 6.70. The summed E-state index contributed by atoms with van der Waals surface area (Å²) in [6, 6.07) is 8.49. The zero-order valence-electron chi connectivity index (χ0n) is 9.30. The fourth-order valence-corrected chi connectivity index (χ4v) is 1.29. The van der Waals surface area contributed by atoms with Gasteiger partial charge < -0.3 is 5.32 Å². The van der Waals surface area contributed by atoms with Gasteiger partial charge in [0.25, 0.3) is 0 Å². The molecule has 0 atom stereocenters. The molecule has 0 heterocycles. The van der Waals surface area contributed by atoms with E-state index in [4.69, 9.17) is 0 Å². The quantitative estimate of drug-likeness (QED) is 0.567. The monoisotopic (exact) mass is 189 g/mol. The second-order valence-corrected chi connectivity index (χ2v) is 3.84. The molecule has 0 spiro atoms. The maximum Gasteiger partial charge on any atom is 0.0211 e. The zero-order chi connectivity index (χ0) is 10.4. The Labute approximate surface area is 86.8 Å². The minimum Gasteiger partial charge on any atom is -0.309 e. The Morgan fingerprint density at radius 1 is 1.29 bits per heavy atom. The fourth-order valence-electron chi connectivity index (χ4n) is 1.29. The number of benzene rings is 1. The lowest BCUT2D eigenvalue weighted by Gasteiger charge is -2.05. The molecule has 0 saturated carbocycles. The van der Waals surface area contributed by atoms with E-state index in [1.807, 2.05) is 0 Å². The number of rotatable bonds is 4. The van der Waals surface area contributed by atoms with Crippen LogP contribution in [-0.2, 0) is 6.54 Å². The Balaban J connectivity index is 2.39. The number of hydrogen-bond acceptors (Lipinski definition) is 1. The molecule has 1 N–H and O–H groups in total. The molecule has 0 amide bonds. The summed E-state index contributed by atoms with van der Waals surface area (Å²) < 4.78 is 0. The van der Waals surface area contributed by atoms with Gasteiger partial charge in [-0.3, -0.25) is 0 Å². The Kier molecular flexibility index (Phi) is 4.41. The highest BCUT2D eigenvalue weighted by Crippen LogP contribution is 2.05. The highest BCUT2D eigenvalue weighted by Gasteiger charge is 1.94. The van der Waals surface area contributed by atoms with Crippen LogP contribution in [0.2, 0.25) is 0 Å². The van der Waals surface area contributed by atoms with Gasteiger partial charge in [-0.25, -0.2) is 0 Å². The molecule has 0 aliphatic heterocycles. The molecular formula is C13H19N. The summed E-state index contributed by atoms with van der Waals surface area (Å²) in [5.41, 5.74) is 4.11. The van der Waals surface area contributed by atoms with E-state index in [0.717, 1.165) is 13.1 Å². The molecule has 0 bridgehead atoms. The van der Waals surface area contributed by atoms with Gasteiger partial charge >= 0.3 is 0 Å². The molecule has 1 aromatic carbocycles. The van der Waals surface area contributed by atoms with Crippen molar-refractivity contribution in [1.29, 1.82) is 0 Å². The lowest BCUT2D eigenvalue weighted by Crippen LogP contribution is -2.13. The van der Waals surface area contributed by atoms with E-state index in [9.17, 15) is 0 Å². The van der Waals surface area contributed by atoms with Gasteiger partial charge in [-0.2, -0.15) is 0 Å². The summed E-state index contributed by atoms with van der Waals surface area (Å²) in [7, 11) is 0. The van der Waals surface area contributed by atoms with Crippen LogP contribution in [-0.4, -0.2) is 6.54 Å². The van der Waals surface area contributed by atoms with Crippen molar-refractivity contribution in [2.75, 3.05) is 6.54 Å². The molecule has 0 aromatic heterocycles. The third kappa shape index (κ3) is 3.75. The topological polar surface area (TPSA) is 12.0 Å². The minimum atomic E-state index is 0.955. The summed E-state index contributed by atoms with van der Waals surface area (Å²) >= 11 is 0. The molecule has 0 fully saturated rings. The second-order valence-electron chi connectivity index (χ2n) is 3.84. The Hall–Kier alpha value is -1.08. The Morgan fingerprint density at radius 2 is 2.00 bits per heavy atom. The van der Waals surface area contributed by atoms with Gasteiger partial charge in [-0.1, -0.05) is 35.9 Å². The van der Waals surface area contributed by atoms with Crippen LogP contribution in [0.15, 0.2) is 35.9 Å². The van der Waals surface area contributed by atoms with Gasteiger partial charge in [0.15, 0.2) is 0 Å². The van der Waals surface area contributed by atoms with E-state index >= 15 is 0 Å². The van der Waals surface area contributed by atoms with Crippen LogP contribution in [0, 0.1) is 6.92 Å². The van der Waals surface area contributed by atoms with Gasteiger partial charge in [0, 0.05) is 13.1 Å². The summed E-state index contributed by atoms with van der Waals surface area (Å²) in [5, 5.41) is 3.40. The van der Waals surface area contributed by atoms with Crippen molar-refractivity contribution in [2.45, 2.75) is 27.3 Å². The molecule has 14 heavy (non-hydrogen) atoms. The van der Waals surface area contributed by atoms with E-state index < -0.39 is 0 Å². The Bertz CT molecular complexity index is 309. The van der Waals surface area contributed by atoms with Crippen LogP contribution in [0.4, 0.5) is 0 Å². The van der Waals surface area contributed by atoms with Crippen LogP contribution >= 0.6 is 0 Å². The SMILES string of the molecule is CC(C)=CCNCc1ccccc1C. The summed E-state index contributed by atoms with van der Waals surface area (Å²) in [6.45, 7) is 8.30. The third-order valence-corrected chi connectivity index (χ3v) is 2.23. The summed E-state index contributed by atoms with van der Waals surface area (Å²) in [6.07, 6.45) is 2.21. The molecule has 0 unspecified atom stereocenters. The van der Waals surface area contributed by atoms with Gasteiger partial charge in [0.1, 0.15) is 0 Å². The number of allylic oxidation sites excluding steroid dienone is 1. The molecule has 0 aliphatic carbocycles. The zero-order valence-corrected chi connectivity index (χ0v) is 9.30. The number of hydrogen-bond donors (Lipinski definition) is 1. The molecular weight excluding hydrogens is 170 g/mol. The molecule has 76 valence electrons. The van der Waals surface area contributed by atoms with E-state index in [2.05, 4.69) is 56.4 Å². The molecule has 1 heteroatoms. The molecule has 0 radical (unpaired) electrons. The van der Waals surface area contributed by atoms with E-state index in [1.165, 1.54) is 16.7 Å². The van der Waals surface area contributed by atoms with Crippen LogP contribution in [0.1, 0.15) is 25.0 Å². The highest BCUT2D eigenvalue weighted by atomic mass is 14.8. The van der Waals surface area contributed by atoms with Crippen molar-refractivity contribution < 1.29 is 0 Å². The average molecular weight is 189 g/mol. The van der Waals surface area contributed by atoms with Crippen molar-refractivity contribution in [1.82, 2.24) is 5.32 Å². The molecule has 1 aromatic rings. The molecule has 0 saturated heterocycles. The van der Waals surface area contributed by atoms with E-state index in [1.54, 1.807) is 0 Å². The molecule has 1 nitrogen and oxygen atoms in total. The van der Waals surface area contributed by atoms with Gasteiger partial charge in [0.05, 0.1) is 0 Å². The standard InChI is InChI=1S/C13H19N/c1-11(2)8-9-14-10-13-7-5-4-6-12(13)3/h4-8,14H,9-10H2,1-3H3. The van der Waals surface area contributed by atoms with Gasteiger partial charge in [-0.05, 0) is 31.9 Å². The smallest absolute Gasteiger partial charge is 0.0211 e. The van der Waals surface area contributed by atoms with Crippen LogP contribution < -0.4 is 5.32 Å². The number of nitrogens with one attached hydrogen (secondary N) is 1. The van der Waals surface area contributed by atoms with Gasteiger partial charge in [0.2, 0.25) is 0 Å². The maximum absolute atomic E-state index is 3.40. The first-order valence-electron chi connectivity index (χ1n) is 5.08. The van der Waals surface area contributed by atoms with Crippen molar-refractivity contribution in [3.05, 3.63) is 47.0 Å². The van der Waals surface area contributed by atoms with Crippen molar-refractivity contribution in [3.63, 3.8) is 0 Å². The fraction of sp³-hybridized carbons (Fsp3) is 0.385. The van der Waals surface area contributed by atoms with E-state index in [0.29, 0.717) is 0 Å². The maximum atomic E-state index is 3.40. The predicted molar refractivity (Wildman–Crippen MR) is 62.3 cm³/mol. The van der Waals surface area contributed by atoms with Crippen molar-refractivity contribution in [3.8, 4) is 0 Å². The second kappa shape index (κ2) is 5.61. The third-order valence-electron chi connectivity index (χ3n) is 2.23. The highest BCUT2D eigenvalue weighted by molar-refractivity contribution is 5.25. The summed E-state index contributed by atoms with van der Waals surface area (Å²) in [5.74, 6) is 0. The molecule has 1 rings (SSSR count). The van der Waals surface area contributed by atoms with Crippen LogP contribution in [0.5, 0.6) is 0 Å². The molecule has 0 aliphatic rings. The van der Waals surface area contributed by atoms with Crippen LogP contribution in [0.3, 0.4) is 0 Å². The Morgan fingerprint density at radius 3 is 2.64 bits per heavy atom. The van der Waals surface area contributed by atoms with Gasteiger partial charge in [-0.15, -0.1) is 0 Å². The average Bonchev–Trinajstić information content (AvgIpc) is 2.15. The number of aryl methyl sites for hydroxylation is 1. The lowest BCUT2D eigenvalue weighted by atomic mass is 10.1. The first-order valence-corrected chi connectivity index (χ1v) is 5.08. The lowest BCUT2D eigenvalue weighted by molar-refractivity contribution is 0.753. The van der Waals surface area contributed by atoms with E-state index in [-0.39, 0.29) is 0 Å². The van der Waals surface area contributed by atoms with Crippen molar-refractivity contribution in [2.24, 2.45) is 0 Å². The summed E-state index contributed by atoms with van der Waals surface area (Å²) in [4.78, 5) is 0. The van der Waals surface area contributed by atoms with Crippen molar-refractivity contribution >= 4 is 0 Å². The first kappa shape index (κ1) is 11.0. The van der Waals surface area contributed by atoms with Crippen LogP contribution in [0.25, 0.3) is 0 Å². The predicted octanol–water partition coefficient (Wildman–Crippen LogP) is 3.05. The normalized spacial score (nSPS) is 9.93. The minimum absolute atomic E-state index is 0.955. The largest absolute Gasteiger partial charge is 0.309 e.